The molecule has 0 saturated carbocycles. The molecule has 0 unspecified atom stereocenters. The Kier molecular flexibility index (Phi) is 7.50. The fourth-order valence-corrected chi connectivity index (χ4v) is 4.91. The van der Waals surface area contributed by atoms with Crippen LogP contribution in [0.15, 0.2) is 53.4 Å². The van der Waals surface area contributed by atoms with Crippen LogP contribution in [0.5, 0.6) is 5.75 Å². The van der Waals surface area contributed by atoms with Gasteiger partial charge in [0.05, 0.1) is 18.0 Å². The summed E-state index contributed by atoms with van der Waals surface area (Å²) in [5.41, 5.74) is 0.904. The quantitative estimate of drug-likeness (QED) is 0.620. The molecule has 1 amide bonds. The summed E-state index contributed by atoms with van der Waals surface area (Å²) in [4.78, 5) is 16.7. The molecule has 9 heteroatoms. The number of carbonyl (C=O) groups is 1. The zero-order valence-electron chi connectivity index (χ0n) is 17.8. The number of sulfonamides is 1. The summed E-state index contributed by atoms with van der Waals surface area (Å²) in [5.74, 6) is 0.0840. The Labute approximate surface area is 183 Å². The minimum Gasteiger partial charge on any atom is -0.494 e. The second-order valence-electron chi connectivity index (χ2n) is 7.18. The number of carbonyl (C=O) groups excluding carboxylic acids is 1. The number of piperazine rings is 1. The molecule has 1 fully saturated rings. The smallest absolute Gasteiger partial charge is 0.243 e. The lowest BCUT2D eigenvalue weighted by molar-refractivity contribution is -0.131. The van der Waals surface area contributed by atoms with Crippen molar-refractivity contribution in [1.82, 2.24) is 9.21 Å². The second kappa shape index (κ2) is 10.1. The zero-order chi connectivity index (χ0) is 22.4. The van der Waals surface area contributed by atoms with E-state index in [-0.39, 0.29) is 29.7 Å². The number of halogens is 1. The van der Waals surface area contributed by atoms with Gasteiger partial charge in [-0.25, -0.2) is 12.8 Å². The number of ether oxygens (including phenoxy) is 1. The van der Waals surface area contributed by atoms with E-state index < -0.39 is 10.0 Å². The molecule has 2 aromatic rings. The van der Waals surface area contributed by atoms with Crippen molar-refractivity contribution in [3.05, 3.63) is 54.3 Å². The Morgan fingerprint density at radius 3 is 2.16 bits per heavy atom. The van der Waals surface area contributed by atoms with Crippen LogP contribution < -0.4 is 9.64 Å². The van der Waals surface area contributed by atoms with Gasteiger partial charge in [0.25, 0.3) is 0 Å². The maximum absolute atomic E-state index is 13.1. The zero-order valence-corrected chi connectivity index (χ0v) is 18.6. The van der Waals surface area contributed by atoms with Crippen molar-refractivity contribution in [2.45, 2.75) is 18.7 Å². The third-order valence-corrected chi connectivity index (χ3v) is 7.20. The molecule has 7 nitrogen and oxygen atoms in total. The van der Waals surface area contributed by atoms with Gasteiger partial charge in [-0.05, 0) is 55.5 Å². The van der Waals surface area contributed by atoms with E-state index in [1.54, 1.807) is 36.1 Å². The van der Waals surface area contributed by atoms with Crippen molar-refractivity contribution in [3.8, 4) is 5.75 Å². The molecule has 1 aliphatic heterocycles. The molecule has 168 valence electrons. The van der Waals surface area contributed by atoms with Gasteiger partial charge < -0.3 is 14.5 Å². The summed E-state index contributed by atoms with van der Waals surface area (Å²) in [7, 11) is -3.79. The van der Waals surface area contributed by atoms with Crippen molar-refractivity contribution >= 4 is 21.6 Å². The van der Waals surface area contributed by atoms with Crippen molar-refractivity contribution in [3.63, 3.8) is 0 Å². The van der Waals surface area contributed by atoms with E-state index in [1.807, 2.05) is 6.92 Å². The van der Waals surface area contributed by atoms with E-state index in [1.165, 1.54) is 28.6 Å². The summed E-state index contributed by atoms with van der Waals surface area (Å²) in [6, 6.07) is 12.5. The highest BCUT2D eigenvalue weighted by Gasteiger charge is 2.29. The van der Waals surface area contributed by atoms with Crippen LogP contribution in [0.25, 0.3) is 0 Å². The molecule has 0 aromatic heterocycles. The van der Waals surface area contributed by atoms with Crippen molar-refractivity contribution < 1.29 is 22.3 Å². The number of hydrogen-bond donors (Lipinski definition) is 0. The number of rotatable bonds is 8. The molecule has 1 aliphatic rings. The highest BCUT2D eigenvalue weighted by atomic mass is 32.2. The van der Waals surface area contributed by atoms with Crippen LogP contribution in [0.1, 0.15) is 13.8 Å². The third kappa shape index (κ3) is 5.54. The van der Waals surface area contributed by atoms with Gasteiger partial charge in [0.2, 0.25) is 15.9 Å². The molecule has 0 bridgehead atoms. The van der Waals surface area contributed by atoms with Crippen LogP contribution >= 0.6 is 0 Å². The fourth-order valence-electron chi connectivity index (χ4n) is 3.51. The number of hydrogen-bond acceptors (Lipinski definition) is 5. The summed E-state index contributed by atoms with van der Waals surface area (Å²) >= 11 is 0. The van der Waals surface area contributed by atoms with Crippen LogP contribution in [-0.4, -0.2) is 69.4 Å². The molecular formula is C22H28FN3O4S. The maximum Gasteiger partial charge on any atom is 0.243 e. The standard InChI is InChI=1S/C22H28FN3O4S/c1-3-26(31(28,29)21-11-9-20(10-12-21)30-4-2)17-22(27)25-15-13-24(14-16-25)19-7-5-18(23)6-8-19/h5-12H,3-4,13-17H2,1-2H3. The molecule has 0 spiro atoms. The van der Waals surface area contributed by atoms with Crippen LogP contribution in [-0.2, 0) is 14.8 Å². The predicted octanol–water partition coefficient (Wildman–Crippen LogP) is 2.58. The van der Waals surface area contributed by atoms with Gasteiger partial charge in [-0.3, -0.25) is 4.79 Å². The van der Waals surface area contributed by atoms with E-state index in [2.05, 4.69) is 4.90 Å². The summed E-state index contributed by atoms with van der Waals surface area (Å²) in [6.07, 6.45) is 0. The van der Waals surface area contributed by atoms with E-state index in [9.17, 15) is 17.6 Å². The Morgan fingerprint density at radius 1 is 1.00 bits per heavy atom. The van der Waals surface area contributed by atoms with Gasteiger partial charge >= 0.3 is 0 Å². The first-order valence-corrected chi connectivity index (χ1v) is 11.8. The number of amides is 1. The van der Waals surface area contributed by atoms with Crippen LogP contribution in [0.2, 0.25) is 0 Å². The summed E-state index contributed by atoms with van der Waals surface area (Å²) in [6.45, 7) is 6.23. The Bertz CT molecular complexity index is 973. The van der Waals surface area contributed by atoms with Crippen molar-refractivity contribution in [2.75, 3.05) is 50.8 Å². The molecule has 1 saturated heterocycles. The molecule has 1 heterocycles. The lowest BCUT2D eigenvalue weighted by Gasteiger charge is -2.36. The number of likely N-dealkylation sites (N-methyl/N-ethyl adjacent to an activating group) is 1. The average molecular weight is 450 g/mol. The average Bonchev–Trinajstić information content (AvgIpc) is 2.78. The Morgan fingerprint density at radius 2 is 1.61 bits per heavy atom. The number of anilines is 1. The van der Waals surface area contributed by atoms with Gasteiger partial charge in [0.15, 0.2) is 0 Å². The minimum absolute atomic E-state index is 0.131. The first kappa shape index (κ1) is 23.0. The molecule has 2 aromatic carbocycles. The highest BCUT2D eigenvalue weighted by Crippen LogP contribution is 2.21. The van der Waals surface area contributed by atoms with Crippen molar-refractivity contribution in [2.24, 2.45) is 0 Å². The molecule has 0 radical (unpaired) electrons. The lowest BCUT2D eigenvalue weighted by atomic mass is 10.2. The molecular weight excluding hydrogens is 421 g/mol. The van der Waals surface area contributed by atoms with Crippen molar-refractivity contribution in [1.29, 1.82) is 0 Å². The molecule has 0 N–H and O–H groups in total. The summed E-state index contributed by atoms with van der Waals surface area (Å²) in [5, 5.41) is 0. The van der Waals surface area contributed by atoms with Gasteiger partial charge in [0, 0.05) is 38.4 Å². The fraction of sp³-hybridized carbons (Fsp3) is 0.409. The highest BCUT2D eigenvalue weighted by molar-refractivity contribution is 7.89. The maximum atomic E-state index is 13.1. The summed E-state index contributed by atoms with van der Waals surface area (Å²) < 4.78 is 45.7. The Balaban J connectivity index is 1.61. The van der Waals surface area contributed by atoms with Crippen LogP contribution in [0.3, 0.4) is 0 Å². The van der Waals surface area contributed by atoms with Gasteiger partial charge in [-0.15, -0.1) is 0 Å². The topological polar surface area (TPSA) is 70.2 Å². The second-order valence-corrected chi connectivity index (χ2v) is 9.12. The monoisotopic (exact) mass is 449 g/mol. The van der Waals surface area contributed by atoms with Gasteiger partial charge in [-0.2, -0.15) is 4.31 Å². The number of benzene rings is 2. The van der Waals surface area contributed by atoms with Gasteiger partial charge in [-0.1, -0.05) is 6.92 Å². The Hall–Kier alpha value is -2.65. The first-order valence-electron chi connectivity index (χ1n) is 10.4. The van der Waals surface area contributed by atoms with E-state index in [0.717, 1.165) is 5.69 Å². The van der Waals surface area contributed by atoms with E-state index in [0.29, 0.717) is 38.5 Å². The molecule has 0 aliphatic carbocycles. The molecule has 3 rings (SSSR count). The minimum atomic E-state index is -3.79. The first-order chi connectivity index (χ1) is 14.8. The molecule has 31 heavy (non-hydrogen) atoms. The largest absolute Gasteiger partial charge is 0.494 e. The SMILES string of the molecule is CCOc1ccc(S(=O)(=O)N(CC)CC(=O)N2CCN(c3ccc(F)cc3)CC2)cc1. The van der Waals surface area contributed by atoms with E-state index >= 15 is 0 Å². The predicted molar refractivity (Wildman–Crippen MR) is 117 cm³/mol. The molecule has 0 atom stereocenters. The van der Waals surface area contributed by atoms with E-state index in [4.69, 9.17) is 4.74 Å². The van der Waals surface area contributed by atoms with Crippen LogP contribution in [0, 0.1) is 5.82 Å². The van der Waals surface area contributed by atoms with Crippen LogP contribution in [0.4, 0.5) is 10.1 Å². The third-order valence-electron chi connectivity index (χ3n) is 5.26. The normalized spacial score (nSPS) is 14.7. The van der Waals surface area contributed by atoms with Gasteiger partial charge in [0.1, 0.15) is 11.6 Å². The number of nitrogens with zero attached hydrogens (tertiary/aromatic N) is 3. The lowest BCUT2D eigenvalue weighted by Crippen LogP contribution is -2.51.